The Hall–Kier alpha value is -4.88. The molecule has 5 heteroatoms. The van der Waals surface area contributed by atoms with E-state index in [1.54, 1.807) is 12.3 Å². The van der Waals surface area contributed by atoms with Gasteiger partial charge in [-0.1, -0.05) is 78.9 Å². The van der Waals surface area contributed by atoms with E-state index in [4.69, 9.17) is 4.98 Å². The van der Waals surface area contributed by atoms with Crippen molar-refractivity contribution in [1.82, 2.24) is 9.55 Å². The third-order valence-electron chi connectivity index (χ3n) is 7.76. The Kier molecular flexibility index (Phi) is 6.09. The van der Waals surface area contributed by atoms with Crippen molar-refractivity contribution < 1.29 is 29.0 Å². The van der Waals surface area contributed by atoms with E-state index in [1.807, 2.05) is 30.3 Å². The van der Waals surface area contributed by atoms with Gasteiger partial charge in [0.25, 0.3) is 0 Å². The Bertz CT molecular complexity index is 2240. The van der Waals surface area contributed by atoms with Crippen molar-refractivity contribution in [3.8, 4) is 34.0 Å². The van der Waals surface area contributed by atoms with E-state index in [0.717, 1.165) is 66.2 Å². The number of para-hydroxylation sites is 3. The number of hydrogen-bond donors (Lipinski definition) is 0. The summed E-state index contributed by atoms with van der Waals surface area (Å²) in [7, 11) is 0. The van der Waals surface area contributed by atoms with Crippen LogP contribution in [-0.4, -0.2) is 9.55 Å². The standard InChI is InChI=1S/C36H23N3O.Li/c40-33-19-18-28(29-13-8-20-37-35(29)33)34-27-12-5-4-9-23(27)21-24-16-17-25(22-30(24)34)36-38-31-14-6-7-15-32(31)39(36)26-10-2-1-3-11-26;/h1-22,40H;/q;+1. The van der Waals surface area contributed by atoms with Gasteiger partial charge in [0, 0.05) is 17.3 Å². The average molecular weight is 521 g/mol. The van der Waals surface area contributed by atoms with Crippen LogP contribution in [0.1, 0.15) is 0 Å². The van der Waals surface area contributed by atoms with Crippen molar-refractivity contribution in [3.05, 3.63) is 134 Å². The van der Waals surface area contributed by atoms with E-state index >= 15 is 0 Å². The minimum atomic E-state index is -0.0128. The monoisotopic (exact) mass is 520 g/mol. The number of fused-ring (bicyclic) bond motifs is 4. The zero-order chi connectivity index (χ0) is 26.6. The number of aromatic nitrogens is 3. The maximum absolute atomic E-state index is 12.7. The number of benzene rings is 6. The number of H-pyrrole nitrogens is 1. The van der Waals surface area contributed by atoms with Crippen LogP contribution >= 0.6 is 0 Å². The molecule has 188 valence electrons. The first-order chi connectivity index (χ1) is 19.8. The first kappa shape index (κ1) is 25.1. The van der Waals surface area contributed by atoms with Gasteiger partial charge in [0.15, 0.2) is 6.20 Å². The fourth-order valence-corrected chi connectivity index (χ4v) is 5.96. The molecule has 0 bridgehead atoms. The molecule has 0 aliphatic heterocycles. The Balaban J connectivity index is 0.00000276. The number of nitrogens with zero attached hydrogens (tertiary/aromatic N) is 2. The summed E-state index contributed by atoms with van der Waals surface area (Å²) >= 11 is 0. The molecular formula is C36H23LiN3O+. The first-order valence-electron chi connectivity index (χ1n) is 13.4. The molecule has 0 fully saturated rings. The molecule has 0 aliphatic carbocycles. The number of aromatic amines is 1. The Morgan fingerprint density at radius 1 is 0.634 bits per heavy atom. The van der Waals surface area contributed by atoms with Crippen LogP contribution in [0.15, 0.2) is 134 Å². The van der Waals surface area contributed by atoms with Crippen LogP contribution < -0.4 is 29.0 Å². The van der Waals surface area contributed by atoms with E-state index < -0.39 is 0 Å². The summed E-state index contributed by atoms with van der Waals surface area (Å²) in [4.78, 5) is 8.29. The molecule has 0 saturated carbocycles. The maximum atomic E-state index is 12.7. The molecule has 4 nitrogen and oxygen atoms in total. The SMILES string of the molecule is [Li+].[O-]c1ccc(-c2c3ccccc3cc3ccc(-c4nc5ccccc5n4-c4ccccc4)cc23)c2ccc[nH+]c12. The first-order valence-corrected chi connectivity index (χ1v) is 13.4. The molecule has 8 rings (SSSR count). The van der Waals surface area contributed by atoms with Gasteiger partial charge in [-0.05, 0) is 80.9 Å². The summed E-state index contributed by atoms with van der Waals surface area (Å²) in [5.41, 5.74) is 6.87. The third-order valence-corrected chi connectivity index (χ3v) is 7.76. The van der Waals surface area contributed by atoms with Crippen molar-refractivity contribution in [3.63, 3.8) is 0 Å². The van der Waals surface area contributed by atoms with Crippen molar-refractivity contribution in [2.75, 3.05) is 0 Å². The number of imidazole rings is 1. The summed E-state index contributed by atoms with van der Waals surface area (Å²) in [6, 6.07) is 43.5. The minimum absolute atomic E-state index is 0. The number of hydrogen-bond acceptors (Lipinski definition) is 2. The summed E-state index contributed by atoms with van der Waals surface area (Å²) < 4.78 is 2.23. The number of nitrogens with one attached hydrogen (secondary N) is 1. The molecule has 0 aliphatic rings. The van der Waals surface area contributed by atoms with E-state index in [1.165, 1.54) is 0 Å². The van der Waals surface area contributed by atoms with Gasteiger partial charge in [0.1, 0.15) is 5.82 Å². The van der Waals surface area contributed by atoms with Crippen LogP contribution in [0.4, 0.5) is 0 Å². The van der Waals surface area contributed by atoms with Crippen molar-refractivity contribution >= 4 is 43.5 Å². The molecule has 0 amide bonds. The zero-order valence-corrected chi connectivity index (χ0v) is 22.5. The van der Waals surface area contributed by atoms with Crippen LogP contribution in [0.5, 0.6) is 5.75 Å². The van der Waals surface area contributed by atoms with Gasteiger partial charge in [-0.25, -0.2) is 9.97 Å². The predicted molar refractivity (Wildman–Crippen MR) is 160 cm³/mol. The maximum Gasteiger partial charge on any atom is 1.00 e. The van der Waals surface area contributed by atoms with Crippen LogP contribution in [-0.2, 0) is 0 Å². The van der Waals surface area contributed by atoms with E-state index in [-0.39, 0.29) is 24.6 Å². The van der Waals surface area contributed by atoms with Gasteiger partial charge >= 0.3 is 18.9 Å². The largest absolute Gasteiger partial charge is 1.00 e. The van der Waals surface area contributed by atoms with Crippen LogP contribution in [0.25, 0.3) is 71.7 Å². The van der Waals surface area contributed by atoms with E-state index in [0.29, 0.717) is 5.52 Å². The van der Waals surface area contributed by atoms with E-state index in [2.05, 4.69) is 101 Å². The summed E-state index contributed by atoms with van der Waals surface area (Å²) in [6.45, 7) is 0. The molecule has 2 aromatic heterocycles. The topological polar surface area (TPSA) is 55.0 Å². The van der Waals surface area contributed by atoms with Crippen LogP contribution in [0, 0.1) is 0 Å². The van der Waals surface area contributed by atoms with Crippen molar-refractivity contribution in [2.24, 2.45) is 0 Å². The fraction of sp³-hybridized carbons (Fsp3) is 0. The quantitative estimate of drug-likeness (QED) is 0.250. The Labute approximate surface area is 248 Å². The van der Waals surface area contributed by atoms with Crippen molar-refractivity contribution in [1.29, 1.82) is 0 Å². The number of rotatable bonds is 3. The molecule has 0 spiro atoms. The molecular weight excluding hydrogens is 497 g/mol. The second-order valence-electron chi connectivity index (χ2n) is 10.1. The van der Waals surface area contributed by atoms with Crippen LogP contribution in [0.3, 0.4) is 0 Å². The van der Waals surface area contributed by atoms with Gasteiger partial charge in [0.05, 0.1) is 16.4 Å². The fourth-order valence-electron chi connectivity index (χ4n) is 5.96. The zero-order valence-electron chi connectivity index (χ0n) is 22.5. The summed E-state index contributed by atoms with van der Waals surface area (Å²) in [6.07, 6.45) is 1.81. The second kappa shape index (κ2) is 9.94. The number of pyridine rings is 1. The molecule has 0 radical (unpaired) electrons. The molecule has 6 aromatic carbocycles. The third kappa shape index (κ3) is 4.00. The van der Waals surface area contributed by atoms with E-state index in [9.17, 15) is 5.11 Å². The van der Waals surface area contributed by atoms with Gasteiger partial charge in [-0.15, -0.1) is 0 Å². The molecule has 2 heterocycles. The average Bonchev–Trinajstić information content (AvgIpc) is 3.40. The molecule has 0 saturated heterocycles. The second-order valence-corrected chi connectivity index (χ2v) is 10.1. The van der Waals surface area contributed by atoms with Gasteiger partial charge in [-0.2, -0.15) is 0 Å². The normalized spacial score (nSPS) is 11.3. The summed E-state index contributed by atoms with van der Waals surface area (Å²) in [5, 5.41) is 18.2. The molecule has 1 N–H and O–H groups in total. The van der Waals surface area contributed by atoms with Crippen LogP contribution in [0.2, 0.25) is 0 Å². The van der Waals surface area contributed by atoms with Gasteiger partial charge < -0.3 is 5.11 Å². The smallest absolute Gasteiger partial charge is 0.868 e. The molecule has 8 aromatic rings. The Morgan fingerprint density at radius 3 is 2.29 bits per heavy atom. The molecule has 41 heavy (non-hydrogen) atoms. The predicted octanol–water partition coefficient (Wildman–Crippen LogP) is 4.71. The minimum Gasteiger partial charge on any atom is -0.868 e. The van der Waals surface area contributed by atoms with Gasteiger partial charge in [0.2, 0.25) is 5.52 Å². The van der Waals surface area contributed by atoms with Gasteiger partial charge in [-0.3, -0.25) is 4.57 Å². The summed E-state index contributed by atoms with van der Waals surface area (Å²) in [5.74, 6) is 0.877. The molecule has 0 atom stereocenters. The van der Waals surface area contributed by atoms with Crippen molar-refractivity contribution in [2.45, 2.75) is 0 Å². The molecule has 0 unspecified atom stereocenters. The Morgan fingerprint density at radius 2 is 1.39 bits per heavy atom.